The molecule has 7 rings (SSSR count). The molecule has 7 aliphatic rings. The zero-order valence-electron chi connectivity index (χ0n) is 27.1. The van der Waals surface area contributed by atoms with Gasteiger partial charge in [0.25, 0.3) is 5.91 Å². The zero-order valence-corrected chi connectivity index (χ0v) is 27.1. The molecule has 9 nitrogen and oxygen atoms in total. The molecule has 6 saturated carbocycles. The molecule has 1 heterocycles. The maximum atomic E-state index is 14.5. The summed E-state index contributed by atoms with van der Waals surface area (Å²) in [5, 5.41) is 6.12. The second-order valence-electron chi connectivity index (χ2n) is 16.9. The van der Waals surface area contributed by atoms with Crippen LogP contribution in [0.2, 0.25) is 0 Å². The molecule has 0 unspecified atom stereocenters. The predicted molar refractivity (Wildman–Crippen MR) is 166 cm³/mol. The average molecular weight is 611 g/mol. The molecule has 1 aliphatic heterocycles. The lowest BCUT2D eigenvalue weighted by Crippen LogP contribution is -2.61. The van der Waals surface area contributed by atoms with Gasteiger partial charge in [0.2, 0.25) is 23.5 Å². The number of nitrogens with two attached hydrogens (primary N) is 1. The number of nitrogens with zero attached hydrogens (tertiary/aromatic N) is 1. The minimum absolute atomic E-state index is 0.00187. The molecule has 4 bridgehead atoms. The third-order valence-corrected chi connectivity index (χ3v) is 12.5. The van der Waals surface area contributed by atoms with Gasteiger partial charge in [0, 0.05) is 13.0 Å². The molecular weight excluding hydrogens is 556 g/mol. The second-order valence-corrected chi connectivity index (χ2v) is 16.9. The molecule has 0 radical (unpaired) electrons. The van der Waals surface area contributed by atoms with Gasteiger partial charge in [0.1, 0.15) is 18.1 Å². The summed E-state index contributed by atoms with van der Waals surface area (Å²) in [6.45, 7) is 6.38. The van der Waals surface area contributed by atoms with Crippen LogP contribution < -0.4 is 16.4 Å². The fourth-order valence-electron chi connectivity index (χ4n) is 11.0. The van der Waals surface area contributed by atoms with E-state index in [2.05, 4.69) is 10.6 Å². The van der Waals surface area contributed by atoms with Crippen molar-refractivity contribution in [2.45, 2.75) is 135 Å². The van der Waals surface area contributed by atoms with Crippen LogP contribution >= 0.6 is 0 Å². The number of ketones is 1. The Hall–Kier alpha value is -2.45. The summed E-state index contributed by atoms with van der Waals surface area (Å²) < 4.78 is 0. The lowest BCUT2D eigenvalue weighted by Gasteiger charge is -2.56. The van der Waals surface area contributed by atoms with Gasteiger partial charge in [0.15, 0.2) is 0 Å². The van der Waals surface area contributed by atoms with Crippen LogP contribution in [0.3, 0.4) is 0 Å². The fourth-order valence-corrected chi connectivity index (χ4v) is 11.0. The summed E-state index contributed by atoms with van der Waals surface area (Å²) in [6.07, 6.45) is 15.1. The minimum Gasteiger partial charge on any atom is -0.363 e. The molecule has 5 atom stereocenters. The number of carbonyl (C=O) groups is 5. The van der Waals surface area contributed by atoms with Gasteiger partial charge in [-0.25, -0.2) is 0 Å². The number of amides is 4. The van der Waals surface area contributed by atoms with Gasteiger partial charge >= 0.3 is 0 Å². The number of rotatable bonds is 9. The summed E-state index contributed by atoms with van der Waals surface area (Å²) in [6, 6.07) is -2.46. The predicted octanol–water partition coefficient (Wildman–Crippen LogP) is 3.87. The summed E-state index contributed by atoms with van der Waals surface area (Å²) >= 11 is 0. The molecule has 4 N–H and O–H groups in total. The Kier molecular flexibility index (Phi) is 8.64. The summed E-state index contributed by atoms with van der Waals surface area (Å²) in [4.78, 5) is 68.9. The highest BCUT2D eigenvalue weighted by Gasteiger charge is 2.54. The van der Waals surface area contributed by atoms with E-state index in [1.54, 1.807) is 4.90 Å². The number of nitrogens with one attached hydrogen (secondary N) is 2. The first-order chi connectivity index (χ1) is 20.8. The topological polar surface area (TPSA) is 139 Å². The number of hydrogen-bond donors (Lipinski definition) is 3. The van der Waals surface area contributed by atoms with Gasteiger partial charge in [-0.05, 0) is 111 Å². The van der Waals surface area contributed by atoms with E-state index in [4.69, 9.17) is 5.73 Å². The van der Waals surface area contributed by atoms with Crippen LogP contribution in [0.4, 0.5) is 0 Å². The molecule has 0 aromatic rings. The van der Waals surface area contributed by atoms with Crippen LogP contribution in [-0.4, -0.2) is 59.0 Å². The van der Waals surface area contributed by atoms with Crippen LogP contribution in [0, 0.1) is 46.3 Å². The van der Waals surface area contributed by atoms with E-state index in [9.17, 15) is 24.0 Å². The zero-order chi connectivity index (χ0) is 31.4. The molecule has 0 spiro atoms. The lowest BCUT2D eigenvalue weighted by molar-refractivity contribution is -0.147. The van der Waals surface area contributed by atoms with Crippen molar-refractivity contribution in [2.75, 3.05) is 6.54 Å². The van der Waals surface area contributed by atoms with Gasteiger partial charge in [-0.3, -0.25) is 24.0 Å². The average Bonchev–Trinajstić information content (AvgIpc) is 3.54. The quantitative estimate of drug-likeness (QED) is 0.340. The van der Waals surface area contributed by atoms with Gasteiger partial charge in [-0.1, -0.05) is 46.5 Å². The Morgan fingerprint density at radius 2 is 1.45 bits per heavy atom. The van der Waals surface area contributed by atoms with Crippen molar-refractivity contribution in [1.82, 2.24) is 15.5 Å². The first-order valence-corrected chi connectivity index (χ1v) is 17.6. The largest absolute Gasteiger partial charge is 0.363 e. The Labute approximate surface area is 262 Å². The number of hydrogen-bond acceptors (Lipinski definition) is 5. The van der Waals surface area contributed by atoms with Gasteiger partial charge in [0.05, 0.1) is 0 Å². The molecule has 7 fully saturated rings. The Balaban J connectivity index is 1.19. The molecule has 1 saturated heterocycles. The maximum Gasteiger partial charge on any atom is 0.287 e. The summed E-state index contributed by atoms with van der Waals surface area (Å²) in [7, 11) is 0. The lowest BCUT2D eigenvalue weighted by atomic mass is 9.49. The van der Waals surface area contributed by atoms with E-state index < -0.39 is 35.2 Å². The van der Waals surface area contributed by atoms with E-state index in [0.717, 1.165) is 88.4 Å². The third kappa shape index (κ3) is 6.18. The molecule has 4 amide bonds. The molecule has 9 heteroatoms. The smallest absolute Gasteiger partial charge is 0.287 e. The number of primary amides is 1. The third-order valence-electron chi connectivity index (χ3n) is 12.5. The van der Waals surface area contributed by atoms with Crippen molar-refractivity contribution < 1.29 is 24.0 Å². The maximum absolute atomic E-state index is 14.5. The van der Waals surface area contributed by atoms with E-state index in [0.29, 0.717) is 13.0 Å². The number of carbonyl (C=O) groups excluding carboxylic acids is 5. The van der Waals surface area contributed by atoms with E-state index >= 15 is 0 Å². The normalized spacial score (nSPS) is 36.0. The molecule has 244 valence electrons. The number of Topliss-reactive ketones (excluding diaryl/α,β-unsaturated/α-hetero) is 1. The number of likely N-dealkylation sites (tertiary alicyclic amines) is 1. The standard InChI is InChI=1S/C35H54N4O5/c1-34(2,3)30(37-26(40)18-35-15-20-12-21(16-35)14-22(13-20)17-35)33(44)39-19-24-10-7-11-25(24)28(39)32(43)38-27(29(41)31(36)42)23-8-5-4-6-9-23/h20-25,27-28,30H,4-19H2,1-3H3,(H2,36,42)(H,37,40)(H,38,43)/t20?,21?,22?,24-,25-,27-,28-,30+,35?/m0/s1. The van der Waals surface area contributed by atoms with Crippen LogP contribution in [0.15, 0.2) is 0 Å². The van der Waals surface area contributed by atoms with Crippen LogP contribution in [0.25, 0.3) is 0 Å². The second kappa shape index (κ2) is 12.1. The summed E-state index contributed by atoms with van der Waals surface area (Å²) in [5.74, 6) is -0.123. The van der Waals surface area contributed by atoms with Crippen LogP contribution in [-0.2, 0) is 24.0 Å². The first kappa shape index (κ1) is 31.5. The van der Waals surface area contributed by atoms with Crippen LogP contribution in [0.1, 0.15) is 117 Å². The SMILES string of the molecule is CC(C)(C)[C@H](NC(=O)CC12CC3CC(CC(C3)C1)C2)C(=O)N1C[C@@H]2CCC[C@@H]2[C@H]1C(=O)N[C@H](C(=O)C(N)=O)C1CCCCC1. The van der Waals surface area contributed by atoms with E-state index in [-0.39, 0.29) is 40.9 Å². The van der Waals surface area contributed by atoms with Crippen molar-refractivity contribution in [3.8, 4) is 0 Å². The van der Waals surface area contributed by atoms with Crippen molar-refractivity contribution in [1.29, 1.82) is 0 Å². The van der Waals surface area contributed by atoms with Gasteiger partial charge in [-0.15, -0.1) is 0 Å². The van der Waals surface area contributed by atoms with E-state index in [1.165, 1.54) is 19.3 Å². The van der Waals surface area contributed by atoms with Crippen molar-refractivity contribution in [3.63, 3.8) is 0 Å². The van der Waals surface area contributed by atoms with Crippen LogP contribution in [0.5, 0.6) is 0 Å². The minimum atomic E-state index is -1.03. The fraction of sp³-hybridized carbons (Fsp3) is 0.857. The molecule has 44 heavy (non-hydrogen) atoms. The number of fused-ring (bicyclic) bond motifs is 1. The van der Waals surface area contributed by atoms with Gasteiger partial charge < -0.3 is 21.3 Å². The van der Waals surface area contributed by atoms with Crippen molar-refractivity contribution in [2.24, 2.45) is 52.1 Å². The Bertz CT molecular complexity index is 1130. The van der Waals surface area contributed by atoms with Gasteiger partial charge in [-0.2, -0.15) is 0 Å². The first-order valence-electron chi connectivity index (χ1n) is 17.6. The Morgan fingerprint density at radius 1 is 0.841 bits per heavy atom. The Morgan fingerprint density at radius 3 is 2.02 bits per heavy atom. The van der Waals surface area contributed by atoms with E-state index in [1.807, 2.05) is 20.8 Å². The van der Waals surface area contributed by atoms with Crippen molar-refractivity contribution in [3.05, 3.63) is 0 Å². The van der Waals surface area contributed by atoms with Crippen molar-refractivity contribution >= 4 is 29.4 Å². The highest BCUT2D eigenvalue weighted by atomic mass is 16.2. The monoisotopic (exact) mass is 610 g/mol. The molecular formula is C35H54N4O5. The highest BCUT2D eigenvalue weighted by molar-refractivity contribution is 6.38. The summed E-state index contributed by atoms with van der Waals surface area (Å²) in [5.41, 5.74) is 4.94. The highest BCUT2D eigenvalue weighted by Crippen LogP contribution is 2.61. The molecule has 0 aromatic carbocycles. The molecule has 0 aromatic heterocycles. The molecule has 6 aliphatic carbocycles.